The molecule has 0 saturated heterocycles. The lowest BCUT2D eigenvalue weighted by Crippen LogP contribution is -1.98. The fourth-order valence-corrected chi connectivity index (χ4v) is 0.404. The van der Waals surface area contributed by atoms with Crippen molar-refractivity contribution in [2.75, 3.05) is 0 Å². The molecule has 1 rings (SSSR count). The SMILES string of the molecule is N#Cc1ccnnc1[O-]. The first-order chi connectivity index (χ1) is 4.34. The molecule has 44 valence electrons. The molecule has 0 saturated carbocycles. The van der Waals surface area contributed by atoms with Gasteiger partial charge in [0.1, 0.15) is 6.07 Å². The van der Waals surface area contributed by atoms with Crippen LogP contribution >= 0.6 is 0 Å². The highest BCUT2D eigenvalue weighted by atomic mass is 16.3. The summed E-state index contributed by atoms with van der Waals surface area (Å²) in [5.41, 5.74) is 0.0324. The zero-order valence-electron chi connectivity index (χ0n) is 4.40. The van der Waals surface area contributed by atoms with Crippen LogP contribution in [0.4, 0.5) is 0 Å². The molecule has 4 nitrogen and oxygen atoms in total. The van der Waals surface area contributed by atoms with Crippen LogP contribution in [-0.2, 0) is 0 Å². The number of rotatable bonds is 0. The molecule has 0 fully saturated rings. The van der Waals surface area contributed by atoms with Gasteiger partial charge in [0.2, 0.25) is 0 Å². The van der Waals surface area contributed by atoms with Crippen LogP contribution in [0.1, 0.15) is 5.56 Å². The van der Waals surface area contributed by atoms with E-state index in [-0.39, 0.29) is 5.56 Å². The maximum absolute atomic E-state index is 10.5. The van der Waals surface area contributed by atoms with Crippen LogP contribution in [0.5, 0.6) is 5.88 Å². The average Bonchev–Trinajstić information content (AvgIpc) is 1.89. The largest absolute Gasteiger partial charge is 0.856 e. The smallest absolute Gasteiger partial charge is 0.100 e. The van der Waals surface area contributed by atoms with Gasteiger partial charge in [-0.1, -0.05) is 0 Å². The highest BCUT2D eigenvalue weighted by Crippen LogP contribution is 2.02. The molecule has 1 heterocycles. The van der Waals surface area contributed by atoms with Crippen LogP contribution in [0.2, 0.25) is 0 Å². The van der Waals surface area contributed by atoms with E-state index >= 15 is 0 Å². The predicted octanol–water partition coefficient (Wildman–Crippen LogP) is -0.578. The van der Waals surface area contributed by atoms with Crippen LogP contribution in [0.15, 0.2) is 12.3 Å². The second-order valence-corrected chi connectivity index (χ2v) is 1.36. The van der Waals surface area contributed by atoms with Gasteiger partial charge in [-0.3, -0.25) is 0 Å². The molecule has 0 radical (unpaired) electrons. The number of hydrogen-bond donors (Lipinski definition) is 0. The van der Waals surface area contributed by atoms with E-state index < -0.39 is 5.88 Å². The maximum Gasteiger partial charge on any atom is 0.100 e. The van der Waals surface area contributed by atoms with Crippen molar-refractivity contribution in [1.82, 2.24) is 10.2 Å². The zero-order chi connectivity index (χ0) is 6.69. The predicted molar refractivity (Wildman–Crippen MR) is 26.2 cm³/mol. The Labute approximate surface area is 51.4 Å². The van der Waals surface area contributed by atoms with Gasteiger partial charge in [0.25, 0.3) is 0 Å². The second kappa shape index (κ2) is 2.09. The Morgan fingerprint density at radius 3 is 2.89 bits per heavy atom. The van der Waals surface area contributed by atoms with Gasteiger partial charge in [0.05, 0.1) is 11.8 Å². The summed E-state index contributed by atoms with van der Waals surface area (Å²) in [6.45, 7) is 0. The van der Waals surface area contributed by atoms with Crippen molar-refractivity contribution in [1.29, 1.82) is 5.26 Å². The van der Waals surface area contributed by atoms with Gasteiger partial charge >= 0.3 is 0 Å². The molecule has 1 aromatic heterocycles. The summed E-state index contributed by atoms with van der Waals surface area (Å²) in [4.78, 5) is 0. The van der Waals surface area contributed by atoms with Gasteiger partial charge in [-0.2, -0.15) is 15.5 Å². The van der Waals surface area contributed by atoms with E-state index in [0.29, 0.717) is 0 Å². The van der Waals surface area contributed by atoms with Crippen molar-refractivity contribution in [2.45, 2.75) is 0 Å². The molecular formula is C5H2N3O-. The standard InChI is InChI=1S/C5H3N3O/c6-3-4-1-2-7-8-5(4)9/h1-2H,(H,8,9)/p-1. The molecular weight excluding hydrogens is 118 g/mol. The molecule has 9 heavy (non-hydrogen) atoms. The third kappa shape index (κ3) is 0.941. The van der Waals surface area contributed by atoms with E-state index in [4.69, 9.17) is 5.26 Å². The van der Waals surface area contributed by atoms with Crippen molar-refractivity contribution in [3.8, 4) is 11.9 Å². The quantitative estimate of drug-likeness (QED) is 0.459. The van der Waals surface area contributed by atoms with Crippen molar-refractivity contribution in [3.63, 3.8) is 0 Å². The first kappa shape index (κ1) is 5.51. The average molecular weight is 120 g/mol. The van der Waals surface area contributed by atoms with Gasteiger partial charge < -0.3 is 5.11 Å². The van der Waals surface area contributed by atoms with Crippen molar-refractivity contribution < 1.29 is 5.11 Å². The summed E-state index contributed by atoms with van der Waals surface area (Å²) in [7, 11) is 0. The lowest BCUT2D eigenvalue weighted by Gasteiger charge is -2.00. The van der Waals surface area contributed by atoms with E-state index in [1.54, 1.807) is 6.07 Å². The molecule has 0 aromatic carbocycles. The summed E-state index contributed by atoms with van der Waals surface area (Å²) in [6, 6.07) is 3.01. The Morgan fingerprint density at radius 2 is 2.44 bits per heavy atom. The lowest BCUT2D eigenvalue weighted by molar-refractivity contribution is -0.276. The maximum atomic E-state index is 10.5. The Balaban J connectivity index is 3.20. The molecule has 0 N–H and O–H groups in total. The van der Waals surface area contributed by atoms with E-state index in [1.807, 2.05) is 0 Å². The minimum Gasteiger partial charge on any atom is -0.856 e. The van der Waals surface area contributed by atoms with Gasteiger partial charge in [0.15, 0.2) is 0 Å². The Hall–Kier alpha value is -1.63. The first-order valence-electron chi connectivity index (χ1n) is 2.23. The number of nitriles is 1. The summed E-state index contributed by atoms with van der Waals surface area (Å²) < 4.78 is 0. The van der Waals surface area contributed by atoms with Gasteiger partial charge in [-0.05, 0) is 6.07 Å². The van der Waals surface area contributed by atoms with Crippen LogP contribution in [0.25, 0.3) is 0 Å². The fourth-order valence-electron chi connectivity index (χ4n) is 0.404. The van der Waals surface area contributed by atoms with Crippen molar-refractivity contribution in [3.05, 3.63) is 17.8 Å². The van der Waals surface area contributed by atoms with Crippen LogP contribution in [0, 0.1) is 11.3 Å². The first-order valence-corrected chi connectivity index (χ1v) is 2.23. The topological polar surface area (TPSA) is 72.6 Å². The number of hydrogen-bond acceptors (Lipinski definition) is 4. The third-order valence-electron chi connectivity index (χ3n) is 0.807. The highest BCUT2D eigenvalue weighted by molar-refractivity contribution is 5.33. The van der Waals surface area contributed by atoms with Crippen LogP contribution in [-0.4, -0.2) is 10.2 Å². The monoisotopic (exact) mass is 120 g/mol. The summed E-state index contributed by atoms with van der Waals surface area (Å²) in [6.07, 6.45) is 1.31. The number of aromatic nitrogens is 2. The summed E-state index contributed by atoms with van der Waals surface area (Å²) in [5, 5.41) is 25.1. The minimum absolute atomic E-state index is 0.0324. The molecule has 0 unspecified atom stereocenters. The van der Waals surface area contributed by atoms with E-state index in [0.717, 1.165) is 0 Å². The normalized spacial score (nSPS) is 8.33. The van der Waals surface area contributed by atoms with E-state index in [2.05, 4.69) is 10.2 Å². The Morgan fingerprint density at radius 1 is 1.67 bits per heavy atom. The van der Waals surface area contributed by atoms with Crippen molar-refractivity contribution in [2.24, 2.45) is 0 Å². The van der Waals surface area contributed by atoms with Gasteiger partial charge in [-0.25, -0.2) is 0 Å². The molecule has 1 aromatic rings. The van der Waals surface area contributed by atoms with Gasteiger partial charge in [-0.15, -0.1) is 0 Å². The lowest BCUT2D eigenvalue weighted by atomic mass is 10.3. The van der Waals surface area contributed by atoms with Crippen LogP contribution in [0.3, 0.4) is 0 Å². The molecule has 4 heteroatoms. The second-order valence-electron chi connectivity index (χ2n) is 1.36. The third-order valence-corrected chi connectivity index (χ3v) is 0.807. The van der Waals surface area contributed by atoms with E-state index in [9.17, 15) is 5.11 Å². The summed E-state index contributed by atoms with van der Waals surface area (Å²) >= 11 is 0. The fraction of sp³-hybridized carbons (Fsp3) is 0. The molecule has 0 aliphatic rings. The highest BCUT2D eigenvalue weighted by Gasteiger charge is 1.87. The molecule has 0 bridgehead atoms. The van der Waals surface area contributed by atoms with Crippen molar-refractivity contribution >= 4 is 0 Å². The molecule has 0 aliphatic carbocycles. The van der Waals surface area contributed by atoms with E-state index in [1.165, 1.54) is 12.3 Å². The number of nitrogens with zero attached hydrogens (tertiary/aromatic N) is 3. The molecule has 0 spiro atoms. The summed E-state index contributed by atoms with van der Waals surface area (Å²) in [5.74, 6) is -0.569. The molecule has 0 amide bonds. The Bertz CT molecular complexity index is 253. The Kier molecular flexibility index (Phi) is 1.28. The minimum atomic E-state index is -0.569. The molecule has 0 aliphatic heterocycles. The van der Waals surface area contributed by atoms with Crippen LogP contribution < -0.4 is 5.11 Å². The molecule has 0 atom stereocenters. The zero-order valence-corrected chi connectivity index (χ0v) is 4.40. The van der Waals surface area contributed by atoms with Gasteiger partial charge in [0, 0.05) is 5.88 Å².